The molecule has 1 unspecified atom stereocenters. The van der Waals surface area contributed by atoms with Gasteiger partial charge in [0.2, 0.25) is 0 Å². The number of fused-ring (bicyclic) bond motifs is 1. The summed E-state index contributed by atoms with van der Waals surface area (Å²) in [6.07, 6.45) is -2.80. The lowest BCUT2D eigenvalue weighted by atomic mass is 9.79. The number of amides is 2. The first-order chi connectivity index (χ1) is 18.7. The van der Waals surface area contributed by atoms with E-state index in [1.54, 1.807) is 17.8 Å². The van der Waals surface area contributed by atoms with Gasteiger partial charge in [-0.2, -0.15) is 18.3 Å². The highest BCUT2D eigenvalue weighted by atomic mass is 19.4. The molecule has 0 bridgehead atoms. The molecule has 2 aliphatic rings. The van der Waals surface area contributed by atoms with Crippen LogP contribution in [0, 0.1) is 0 Å². The minimum absolute atomic E-state index is 0.145. The van der Waals surface area contributed by atoms with Gasteiger partial charge in [-0.25, -0.2) is 4.68 Å². The van der Waals surface area contributed by atoms with E-state index in [0.717, 1.165) is 23.2 Å². The van der Waals surface area contributed by atoms with Gasteiger partial charge in [0.05, 0.1) is 28.6 Å². The van der Waals surface area contributed by atoms with Crippen molar-refractivity contribution in [3.05, 3.63) is 71.4 Å². The van der Waals surface area contributed by atoms with E-state index in [0.29, 0.717) is 18.1 Å². The van der Waals surface area contributed by atoms with Crippen LogP contribution in [0.15, 0.2) is 54.7 Å². The van der Waals surface area contributed by atoms with Crippen LogP contribution < -0.4 is 15.7 Å². The number of nitrogens with zero attached hydrogens (tertiary/aromatic N) is 3. The molecule has 1 N–H and O–H groups in total. The molecule has 40 heavy (non-hydrogen) atoms. The van der Waals surface area contributed by atoms with Crippen molar-refractivity contribution in [2.24, 2.45) is 0 Å². The van der Waals surface area contributed by atoms with Gasteiger partial charge in [-0.3, -0.25) is 14.5 Å². The number of carbonyl (C=O) groups is 2. The largest absolute Gasteiger partial charge is 0.494 e. The lowest BCUT2D eigenvalue weighted by Gasteiger charge is -2.32. The summed E-state index contributed by atoms with van der Waals surface area (Å²) in [7, 11) is -0.573. The zero-order valence-electron chi connectivity index (χ0n) is 22.9. The second-order valence-electron chi connectivity index (χ2n) is 11.0. The van der Waals surface area contributed by atoms with Crippen molar-refractivity contribution in [2.45, 2.75) is 64.5 Å². The molecular weight excluding hydrogens is 524 g/mol. The van der Waals surface area contributed by atoms with E-state index >= 15 is 0 Å². The maximum atomic E-state index is 13.5. The third-order valence-corrected chi connectivity index (χ3v) is 7.77. The summed E-state index contributed by atoms with van der Waals surface area (Å²) in [5, 5.41) is 7.15. The molecule has 1 aromatic heterocycles. The highest BCUT2D eigenvalue weighted by molar-refractivity contribution is 6.62. The Labute approximate surface area is 230 Å². The zero-order valence-corrected chi connectivity index (χ0v) is 22.9. The molecule has 0 spiro atoms. The smallest absolute Gasteiger partial charge is 0.399 e. The Morgan fingerprint density at radius 2 is 1.77 bits per heavy atom. The van der Waals surface area contributed by atoms with Gasteiger partial charge in [0.15, 0.2) is 0 Å². The fourth-order valence-electron chi connectivity index (χ4n) is 4.88. The van der Waals surface area contributed by atoms with Crippen molar-refractivity contribution >= 4 is 30.2 Å². The van der Waals surface area contributed by atoms with Crippen molar-refractivity contribution < 1.29 is 32.1 Å². The van der Waals surface area contributed by atoms with Crippen LogP contribution in [0.2, 0.25) is 0 Å². The van der Waals surface area contributed by atoms with Crippen LogP contribution in [0.25, 0.3) is 5.69 Å². The number of rotatable bonds is 5. The van der Waals surface area contributed by atoms with Crippen molar-refractivity contribution in [3.63, 3.8) is 0 Å². The average molecular weight is 554 g/mol. The summed E-state index contributed by atoms with van der Waals surface area (Å²) >= 11 is 0. The summed E-state index contributed by atoms with van der Waals surface area (Å²) in [5.74, 6) is -0.561. The molecule has 2 aromatic carbocycles. The Morgan fingerprint density at radius 3 is 2.42 bits per heavy atom. The number of alkyl halides is 3. The second-order valence-corrected chi connectivity index (χ2v) is 11.0. The topological polar surface area (TPSA) is 85.7 Å². The monoisotopic (exact) mass is 554 g/mol. The number of anilines is 1. The fourth-order valence-corrected chi connectivity index (χ4v) is 4.88. The Kier molecular flexibility index (Phi) is 6.82. The van der Waals surface area contributed by atoms with Gasteiger partial charge in [-0.1, -0.05) is 18.2 Å². The molecular formula is C28H30BF3N4O4. The first-order valence-electron chi connectivity index (χ1n) is 13.0. The summed E-state index contributed by atoms with van der Waals surface area (Å²) in [6.45, 7) is 10.0. The van der Waals surface area contributed by atoms with Gasteiger partial charge in [0.1, 0.15) is 11.9 Å². The Hall–Kier alpha value is -3.64. The van der Waals surface area contributed by atoms with Crippen LogP contribution in [0.5, 0.6) is 0 Å². The molecule has 0 saturated carbocycles. The fraction of sp³-hybridized carbons (Fsp3) is 0.393. The molecule has 5 rings (SSSR count). The standard InChI is InChI=1S/C28H30BF3N4O4/c1-6-35-24-18(14-22(25(35)38)34-23(37)17-9-7-10-19(13-17)28(30,31)32)16-33-36(24)21-12-8-11-20(15-21)29-39-26(2,3)27(4,5)40-29/h7-13,15-16,22H,6,14H2,1-5H3,(H,34,37). The van der Waals surface area contributed by atoms with E-state index in [2.05, 4.69) is 10.4 Å². The Balaban J connectivity index is 1.40. The van der Waals surface area contributed by atoms with E-state index in [1.807, 2.05) is 52.0 Å². The highest BCUT2D eigenvalue weighted by Crippen LogP contribution is 2.37. The number of carbonyl (C=O) groups excluding carboxylic acids is 2. The number of hydrogen-bond acceptors (Lipinski definition) is 5. The van der Waals surface area contributed by atoms with Crippen molar-refractivity contribution in [1.82, 2.24) is 15.1 Å². The van der Waals surface area contributed by atoms with Gasteiger partial charge < -0.3 is 14.6 Å². The molecule has 1 atom stereocenters. The van der Waals surface area contributed by atoms with Crippen molar-refractivity contribution in [1.29, 1.82) is 0 Å². The molecule has 1 saturated heterocycles. The van der Waals surface area contributed by atoms with Crippen LogP contribution in [0.1, 0.15) is 56.1 Å². The zero-order chi connectivity index (χ0) is 29.0. The number of halogens is 3. The van der Waals surface area contributed by atoms with Crippen LogP contribution in [0.4, 0.5) is 19.0 Å². The first kappa shape index (κ1) is 27.9. The lowest BCUT2D eigenvalue weighted by molar-refractivity contribution is -0.137. The molecule has 2 amide bonds. The average Bonchev–Trinajstić information content (AvgIpc) is 3.40. The van der Waals surface area contributed by atoms with Gasteiger partial charge in [0, 0.05) is 24.1 Å². The molecule has 3 aromatic rings. The van der Waals surface area contributed by atoms with Gasteiger partial charge >= 0.3 is 13.3 Å². The van der Waals surface area contributed by atoms with E-state index in [4.69, 9.17) is 9.31 Å². The van der Waals surface area contributed by atoms with Gasteiger partial charge in [-0.15, -0.1) is 0 Å². The number of likely N-dealkylation sites (N-methyl/N-ethyl adjacent to an activating group) is 1. The van der Waals surface area contributed by atoms with Crippen LogP contribution in [0.3, 0.4) is 0 Å². The predicted octanol–water partition coefficient (Wildman–Crippen LogP) is 3.90. The number of aromatic nitrogens is 2. The quantitative estimate of drug-likeness (QED) is 0.484. The summed E-state index contributed by atoms with van der Waals surface area (Å²) in [5.41, 5.74) is 0.109. The van der Waals surface area contributed by atoms with Gasteiger partial charge in [-0.05, 0) is 70.4 Å². The van der Waals surface area contributed by atoms with Gasteiger partial charge in [0.25, 0.3) is 11.8 Å². The Bertz CT molecular complexity index is 1450. The molecule has 3 heterocycles. The highest BCUT2D eigenvalue weighted by Gasteiger charge is 2.51. The van der Waals surface area contributed by atoms with Crippen LogP contribution >= 0.6 is 0 Å². The molecule has 210 valence electrons. The number of nitrogens with one attached hydrogen (secondary N) is 1. The minimum Gasteiger partial charge on any atom is -0.399 e. The van der Waals surface area contributed by atoms with E-state index in [-0.39, 0.29) is 17.9 Å². The summed E-state index contributed by atoms with van der Waals surface area (Å²) < 4.78 is 53.4. The summed E-state index contributed by atoms with van der Waals surface area (Å²) in [4.78, 5) is 27.8. The number of hydrogen-bond donors (Lipinski definition) is 1. The molecule has 1 fully saturated rings. The molecule has 0 radical (unpaired) electrons. The Morgan fingerprint density at radius 1 is 1.10 bits per heavy atom. The van der Waals surface area contributed by atoms with Crippen LogP contribution in [-0.4, -0.2) is 52.5 Å². The maximum absolute atomic E-state index is 13.5. The molecule has 2 aliphatic heterocycles. The predicted molar refractivity (Wildman–Crippen MR) is 144 cm³/mol. The SMILES string of the molecule is CCN1C(=O)C(NC(=O)c2cccc(C(F)(F)F)c2)Cc2cnn(-c3cccc(B4OC(C)(C)C(C)(C)O4)c3)c21. The normalized spacial score (nSPS) is 20.0. The molecule has 0 aliphatic carbocycles. The van der Waals surface area contributed by atoms with E-state index in [9.17, 15) is 22.8 Å². The van der Waals surface area contributed by atoms with Crippen LogP contribution in [-0.2, 0) is 26.7 Å². The number of benzene rings is 2. The third-order valence-electron chi connectivity index (χ3n) is 7.77. The molecule has 8 nitrogen and oxygen atoms in total. The summed E-state index contributed by atoms with van der Waals surface area (Å²) in [6, 6.07) is 10.7. The van der Waals surface area contributed by atoms with Crippen molar-refractivity contribution in [3.8, 4) is 5.69 Å². The third kappa shape index (κ3) is 4.90. The lowest BCUT2D eigenvalue weighted by Crippen LogP contribution is -2.53. The van der Waals surface area contributed by atoms with E-state index < -0.39 is 42.0 Å². The molecule has 12 heteroatoms. The first-order valence-corrected chi connectivity index (χ1v) is 13.0. The maximum Gasteiger partial charge on any atom is 0.494 e. The van der Waals surface area contributed by atoms with Crippen molar-refractivity contribution in [2.75, 3.05) is 11.4 Å². The second kappa shape index (κ2) is 9.77. The van der Waals surface area contributed by atoms with E-state index in [1.165, 1.54) is 17.0 Å². The minimum atomic E-state index is -4.58.